The van der Waals surface area contributed by atoms with E-state index < -0.39 is 0 Å². The lowest BCUT2D eigenvalue weighted by molar-refractivity contribution is -0.141. The number of rotatable bonds is 9. The summed E-state index contributed by atoms with van der Waals surface area (Å²) < 4.78 is 10.0. The summed E-state index contributed by atoms with van der Waals surface area (Å²) in [5.41, 5.74) is 1.30. The van der Waals surface area contributed by atoms with Crippen molar-refractivity contribution < 1.29 is 14.3 Å². The third-order valence-corrected chi connectivity index (χ3v) is 3.14. The van der Waals surface area contributed by atoms with Crippen molar-refractivity contribution in [3.63, 3.8) is 0 Å². The highest BCUT2D eigenvalue weighted by Crippen LogP contribution is 2.14. The molecular formula is C16H25NO3. The van der Waals surface area contributed by atoms with E-state index in [1.54, 1.807) is 0 Å². The second-order valence-electron chi connectivity index (χ2n) is 4.82. The first-order valence-electron chi connectivity index (χ1n) is 7.17. The van der Waals surface area contributed by atoms with Crippen molar-refractivity contribution in [2.24, 2.45) is 0 Å². The number of benzene rings is 1. The van der Waals surface area contributed by atoms with Gasteiger partial charge in [-0.25, -0.2) is 0 Å². The average molecular weight is 279 g/mol. The summed E-state index contributed by atoms with van der Waals surface area (Å²) in [5.74, 6) is 0.538. The van der Waals surface area contributed by atoms with Crippen molar-refractivity contribution in [3.8, 4) is 5.75 Å². The first-order chi connectivity index (χ1) is 9.65. The van der Waals surface area contributed by atoms with E-state index in [0.29, 0.717) is 12.6 Å². The van der Waals surface area contributed by atoms with Crippen LogP contribution in [0.15, 0.2) is 24.3 Å². The molecule has 0 aliphatic carbocycles. The molecule has 1 N–H and O–H groups in total. The van der Waals surface area contributed by atoms with Gasteiger partial charge in [0.2, 0.25) is 0 Å². The van der Waals surface area contributed by atoms with Crippen LogP contribution in [0.5, 0.6) is 5.75 Å². The Bertz CT molecular complexity index is 389. The van der Waals surface area contributed by atoms with Gasteiger partial charge in [-0.1, -0.05) is 19.1 Å². The summed E-state index contributed by atoms with van der Waals surface area (Å²) in [6.45, 7) is 5.68. The Morgan fingerprint density at radius 1 is 1.30 bits per heavy atom. The van der Waals surface area contributed by atoms with Gasteiger partial charge in [-0.15, -0.1) is 0 Å². The van der Waals surface area contributed by atoms with Crippen molar-refractivity contribution >= 4 is 5.97 Å². The fourth-order valence-corrected chi connectivity index (χ4v) is 1.94. The zero-order valence-corrected chi connectivity index (χ0v) is 12.6. The first-order valence-corrected chi connectivity index (χ1v) is 7.17. The van der Waals surface area contributed by atoms with Gasteiger partial charge in [-0.2, -0.15) is 0 Å². The van der Waals surface area contributed by atoms with Crippen LogP contribution in [0.3, 0.4) is 0 Å². The molecule has 0 saturated heterocycles. The third kappa shape index (κ3) is 6.57. The maximum absolute atomic E-state index is 11.0. The normalized spacial score (nSPS) is 11.9. The number of carbonyl (C=O) groups is 1. The number of esters is 1. The van der Waals surface area contributed by atoms with Gasteiger partial charge in [0, 0.05) is 6.04 Å². The Morgan fingerprint density at radius 3 is 2.60 bits per heavy atom. The van der Waals surface area contributed by atoms with Crippen LogP contribution >= 0.6 is 0 Å². The van der Waals surface area contributed by atoms with E-state index in [2.05, 4.69) is 36.0 Å². The minimum absolute atomic E-state index is 0.251. The number of hydrogen-bond acceptors (Lipinski definition) is 4. The molecule has 1 atom stereocenters. The lowest BCUT2D eigenvalue weighted by atomic mass is 10.1. The Morgan fingerprint density at radius 2 is 2.00 bits per heavy atom. The molecule has 0 fully saturated rings. The highest BCUT2D eigenvalue weighted by Gasteiger charge is 2.03. The summed E-state index contributed by atoms with van der Waals surface area (Å²) >= 11 is 0. The van der Waals surface area contributed by atoms with Crippen molar-refractivity contribution in [2.45, 2.75) is 39.2 Å². The lowest BCUT2D eigenvalue weighted by Gasteiger charge is -2.12. The second kappa shape index (κ2) is 9.37. The van der Waals surface area contributed by atoms with Gasteiger partial charge in [0.15, 0.2) is 0 Å². The van der Waals surface area contributed by atoms with Gasteiger partial charge in [-0.05, 0) is 44.0 Å². The van der Waals surface area contributed by atoms with Crippen LogP contribution in [0.2, 0.25) is 0 Å². The molecular weight excluding hydrogens is 254 g/mol. The Hall–Kier alpha value is -1.55. The number of methoxy groups -OCH3 is 1. The van der Waals surface area contributed by atoms with E-state index in [9.17, 15) is 4.79 Å². The molecule has 1 aromatic carbocycles. The predicted octanol–water partition coefficient (Wildman–Crippen LogP) is 2.56. The van der Waals surface area contributed by atoms with Crippen molar-refractivity contribution in [1.29, 1.82) is 0 Å². The monoisotopic (exact) mass is 279 g/mol. The SMILES string of the molecule is CCNC(C)CCc1ccc(OCCC(=O)OC)cc1. The molecule has 0 aromatic heterocycles. The second-order valence-corrected chi connectivity index (χ2v) is 4.82. The minimum Gasteiger partial charge on any atom is -0.493 e. The zero-order valence-electron chi connectivity index (χ0n) is 12.6. The van der Waals surface area contributed by atoms with Crippen LogP contribution in [-0.4, -0.2) is 32.3 Å². The maximum atomic E-state index is 11.0. The van der Waals surface area contributed by atoms with Gasteiger partial charge < -0.3 is 14.8 Å². The topological polar surface area (TPSA) is 47.6 Å². The van der Waals surface area contributed by atoms with Crippen LogP contribution in [-0.2, 0) is 16.0 Å². The highest BCUT2D eigenvalue weighted by molar-refractivity contribution is 5.69. The molecule has 1 unspecified atom stereocenters. The number of ether oxygens (including phenoxy) is 2. The predicted molar refractivity (Wildman–Crippen MR) is 80.0 cm³/mol. The van der Waals surface area contributed by atoms with Crippen molar-refractivity contribution in [2.75, 3.05) is 20.3 Å². The van der Waals surface area contributed by atoms with Crippen LogP contribution in [0.4, 0.5) is 0 Å². The molecule has 0 aliphatic rings. The van der Waals surface area contributed by atoms with Gasteiger partial charge in [0.1, 0.15) is 5.75 Å². The molecule has 0 heterocycles. The van der Waals surface area contributed by atoms with Crippen molar-refractivity contribution in [3.05, 3.63) is 29.8 Å². The molecule has 20 heavy (non-hydrogen) atoms. The molecule has 4 nitrogen and oxygen atoms in total. The summed E-state index contributed by atoms with van der Waals surface area (Å²) in [6.07, 6.45) is 2.45. The largest absolute Gasteiger partial charge is 0.493 e. The molecule has 1 rings (SSSR count). The summed E-state index contributed by atoms with van der Waals surface area (Å²) in [5, 5.41) is 3.40. The van der Waals surface area contributed by atoms with E-state index in [1.165, 1.54) is 12.7 Å². The van der Waals surface area contributed by atoms with Gasteiger partial charge in [0.25, 0.3) is 0 Å². The molecule has 0 spiro atoms. The number of aryl methyl sites for hydroxylation is 1. The highest BCUT2D eigenvalue weighted by atomic mass is 16.5. The summed E-state index contributed by atoms with van der Waals surface area (Å²) in [7, 11) is 1.38. The maximum Gasteiger partial charge on any atom is 0.308 e. The molecule has 0 amide bonds. The van der Waals surface area contributed by atoms with E-state index in [-0.39, 0.29) is 12.4 Å². The molecule has 0 saturated carbocycles. The van der Waals surface area contributed by atoms with E-state index in [1.807, 2.05) is 12.1 Å². The zero-order chi connectivity index (χ0) is 14.8. The number of carbonyl (C=O) groups excluding carboxylic acids is 1. The van der Waals surface area contributed by atoms with Gasteiger partial charge in [0.05, 0.1) is 20.1 Å². The quantitative estimate of drug-likeness (QED) is 0.706. The van der Waals surface area contributed by atoms with Crippen molar-refractivity contribution in [1.82, 2.24) is 5.32 Å². The van der Waals surface area contributed by atoms with E-state index in [4.69, 9.17) is 4.74 Å². The van der Waals surface area contributed by atoms with Gasteiger partial charge >= 0.3 is 5.97 Å². The number of nitrogens with one attached hydrogen (secondary N) is 1. The fraction of sp³-hybridized carbons (Fsp3) is 0.562. The summed E-state index contributed by atoms with van der Waals surface area (Å²) in [4.78, 5) is 11.0. The molecule has 112 valence electrons. The molecule has 0 bridgehead atoms. The fourth-order valence-electron chi connectivity index (χ4n) is 1.94. The van der Waals surface area contributed by atoms with Crippen LogP contribution in [0.1, 0.15) is 32.3 Å². The minimum atomic E-state index is -0.251. The Kier molecular flexibility index (Phi) is 7.73. The smallest absolute Gasteiger partial charge is 0.308 e. The molecule has 4 heteroatoms. The van der Waals surface area contributed by atoms with E-state index >= 15 is 0 Å². The van der Waals surface area contributed by atoms with E-state index in [0.717, 1.165) is 25.1 Å². The molecule has 0 radical (unpaired) electrons. The first kappa shape index (κ1) is 16.5. The van der Waals surface area contributed by atoms with Crippen LogP contribution < -0.4 is 10.1 Å². The standard InChI is InChI=1S/C16H25NO3/c1-4-17-13(2)5-6-14-7-9-15(10-8-14)20-12-11-16(18)19-3/h7-10,13,17H,4-6,11-12H2,1-3H3. The average Bonchev–Trinajstić information content (AvgIpc) is 2.46. The van der Waals surface area contributed by atoms with Crippen LogP contribution in [0.25, 0.3) is 0 Å². The van der Waals surface area contributed by atoms with Crippen LogP contribution in [0, 0.1) is 0 Å². The Labute approximate surface area is 121 Å². The van der Waals surface area contributed by atoms with Gasteiger partial charge in [-0.3, -0.25) is 4.79 Å². The molecule has 0 aliphatic heterocycles. The molecule has 1 aromatic rings. The Balaban J connectivity index is 2.31. The number of hydrogen-bond donors (Lipinski definition) is 1. The third-order valence-electron chi connectivity index (χ3n) is 3.14. The summed E-state index contributed by atoms with van der Waals surface area (Å²) in [6, 6.07) is 8.59. The lowest BCUT2D eigenvalue weighted by Crippen LogP contribution is -2.25.